The Morgan fingerprint density at radius 3 is 2.08 bits per heavy atom. The second-order valence-corrected chi connectivity index (χ2v) is 12.8. The molecule has 0 bridgehead atoms. The molecule has 4 rings (SSSR count). The fourth-order valence-electron chi connectivity index (χ4n) is 3.93. The minimum atomic E-state index is -4.01. The van der Waals surface area contributed by atoms with E-state index in [4.69, 9.17) is 16.3 Å². The van der Waals surface area contributed by atoms with Gasteiger partial charge in [-0.3, -0.25) is 4.79 Å². The SMILES string of the molecule is O=C(NCc1ccc(S(=O)(=O)N2CCOCC2)cc1)[C@@H](Cc1ccccc1)NS(=O)(=O)c1ccc(Cl)cc1. The number of sulfonamides is 2. The van der Waals surface area contributed by atoms with E-state index in [1.54, 1.807) is 12.1 Å². The van der Waals surface area contributed by atoms with Gasteiger partial charge in [-0.1, -0.05) is 54.1 Å². The maximum atomic E-state index is 13.1. The van der Waals surface area contributed by atoms with Gasteiger partial charge in [0.2, 0.25) is 26.0 Å². The molecule has 1 aliphatic heterocycles. The predicted molar refractivity (Wildman–Crippen MR) is 144 cm³/mol. The Kier molecular flexibility index (Phi) is 9.19. The second kappa shape index (κ2) is 12.4. The van der Waals surface area contributed by atoms with Crippen LogP contribution in [0.5, 0.6) is 0 Å². The molecule has 9 nitrogen and oxygen atoms in total. The normalized spacial score (nSPS) is 15.6. The van der Waals surface area contributed by atoms with Crippen LogP contribution in [0.3, 0.4) is 0 Å². The Morgan fingerprint density at radius 2 is 1.45 bits per heavy atom. The smallest absolute Gasteiger partial charge is 0.243 e. The van der Waals surface area contributed by atoms with Crippen molar-refractivity contribution in [1.82, 2.24) is 14.3 Å². The van der Waals surface area contributed by atoms with Gasteiger partial charge in [0.1, 0.15) is 6.04 Å². The first-order valence-electron chi connectivity index (χ1n) is 11.9. The monoisotopic (exact) mass is 577 g/mol. The van der Waals surface area contributed by atoms with Crippen molar-refractivity contribution in [2.45, 2.75) is 28.8 Å². The van der Waals surface area contributed by atoms with Crippen LogP contribution in [0.2, 0.25) is 5.02 Å². The Labute approximate surface area is 227 Å². The maximum absolute atomic E-state index is 13.1. The van der Waals surface area contributed by atoms with Gasteiger partial charge in [0.25, 0.3) is 0 Å². The molecule has 0 aliphatic carbocycles. The van der Waals surface area contributed by atoms with Crippen LogP contribution in [0.15, 0.2) is 88.7 Å². The van der Waals surface area contributed by atoms with Crippen LogP contribution in [-0.2, 0) is 42.5 Å². The van der Waals surface area contributed by atoms with E-state index in [-0.39, 0.29) is 22.8 Å². The zero-order chi connectivity index (χ0) is 27.2. The first-order valence-corrected chi connectivity index (χ1v) is 15.2. The molecule has 3 aromatic rings. The first-order chi connectivity index (χ1) is 18.1. The molecule has 1 heterocycles. The van der Waals surface area contributed by atoms with Gasteiger partial charge in [0, 0.05) is 24.7 Å². The van der Waals surface area contributed by atoms with Gasteiger partial charge in [-0.05, 0) is 53.9 Å². The quantitative estimate of drug-likeness (QED) is 0.382. The van der Waals surface area contributed by atoms with Crippen LogP contribution in [0.25, 0.3) is 0 Å². The molecule has 1 amide bonds. The highest BCUT2D eigenvalue weighted by Crippen LogP contribution is 2.18. The van der Waals surface area contributed by atoms with Crippen LogP contribution < -0.4 is 10.0 Å². The number of benzene rings is 3. The zero-order valence-electron chi connectivity index (χ0n) is 20.4. The van der Waals surface area contributed by atoms with E-state index in [9.17, 15) is 21.6 Å². The van der Waals surface area contributed by atoms with Gasteiger partial charge in [-0.2, -0.15) is 9.03 Å². The van der Waals surface area contributed by atoms with Crippen molar-refractivity contribution in [1.29, 1.82) is 0 Å². The van der Waals surface area contributed by atoms with E-state index in [0.29, 0.717) is 36.9 Å². The van der Waals surface area contributed by atoms with Crippen molar-refractivity contribution in [3.63, 3.8) is 0 Å². The molecule has 0 radical (unpaired) electrons. The minimum absolute atomic E-state index is 0.00942. The number of rotatable bonds is 10. The summed E-state index contributed by atoms with van der Waals surface area (Å²) in [6.45, 7) is 1.40. The minimum Gasteiger partial charge on any atom is -0.379 e. The summed E-state index contributed by atoms with van der Waals surface area (Å²) in [5, 5.41) is 3.16. The van der Waals surface area contributed by atoms with Gasteiger partial charge in [-0.25, -0.2) is 16.8 Å². The second-order valence-electron chi connectivity index (χ2n) is 8.70. The number of hydrogen-bond acceptors (Lipinski definition) is 6. The van der Waals surface area contributed by atoms with Gasteiger partial charge in [-0.15, -0.1) is 0 Å². The molecule has 1 atom stereocenters. The largest absolute Gasteiger partial charge is 0.379 e. The van der Waals surface area contributed by atoms with Gasteiger partial charge in [0.05, 0.1) is 23.0 Å². The summed E-state index contributed by atoms with van der Waals surface area (Å²) in [4.78, 5) is 13.3. The summed E-state index contributed by atoms with van der Waals surface area (Å²) in [7, 11) is -7.63. The van der Waals surface area contributed by atoms with Gasteiger partial charge >= 0.3 is 0 Å². The lowest BCUT2D eigenvalue weighted by Crippen LogP contribution is -2.47. The Hall–Kier alpha value is -2.80. The summed E-state index contributed by atoms with van der Waals surface area (Å²) >= 11 is 5.88. The number of halogens is 1. The molecular formula is C26H28ClN3O6S2. The van der Waals surface area contributed by atoms with Crippen molar-refractivity contribution in [2.75, 3.05) is 26.3 Å². The van der Waals surface area contributed by atoms with Crippen molar-refractivity contribution in [3.05, 3.63) is 95.0 Å². The van der Waals surface area contributed by atoms with E-state index in [2.05, 4.69) is 10.0 Å². The number of nitrogens with one attached hydrogen (secondary N) is 2. The molecule has 1 saturated heterocycles. The van der Waals surface area contributed by atoms with Gasteiger partial charge < -0.3 is 10.1 Å². The molecule has 38 heavy (non-hydrogen) atoms. The molecule has 0 spiro atoms. The molecular weight excluding hydrogens is 550 g/mol. The Morgan fingerprint density at radius 1 is 0.842 bits per heavy atom. The molecule has 12 heteroatoms. The topological polar surface area (TPSA) is 122 Å². The standard InChI is InChI=1S/C26H28ClN3O6S2/c27-22-8-12-23(13-9-22)37(32,33)29-25(18-20-4-2-1-3-5-20)26(31)28-19-21-6-10-24(11-7-21)38(34,35)30-14-16-36-17-15-30/h1-13,25,29H,14-19H2,(H,28,31)/t25-/m1/s1. The number of amides is 1. The fraction of sp³-hybridized carbons (Fsp3) is 0.269. The highest BCUT2D eigenvalue weighted by atomic mass is 35.5. The lowest BCUT2D eigenvalue weighted by Gasteiger charge is -2.26. The molecule has 1 aliphatic rings. The van der Waals surface area contributed by atoms with Crippen LogP contribution in [0.1, 0.15) is 11.1 Å². The third kappa shape index (κ3) is 7.19. The van der Waals surface area contributed by atoms with Crippen LogP contribution in [0.4, 0.5) is 0 Å². The van der Waals surface area contributed by atoms with Crippen molar-refractivity contribution < 1.29 is 26.4 Å². The molecule has 0 saturated carbocycles. The third-order valence-corrected chi connectivity index (χ3v) is 9.67. The summed E-state index contributed by atoms with van der Waals surface area (Å²) in [6.07, 6.45) is 0.135. The zero-order valence-corrected chi connectivity index (χ0v) is 22.8. The van der Waals surface area contributed by atoms with Crippen molar-refractivity contribution in [2.24, 2.45) is 0 Å². The average Bonchev–Trinajstić information content (AvgIpc) is 2.93. The number of carbonyl (C=O) groups is 1. The number of morpholine rings is 1. The Balaban J connectivity index is 1.45. The van der Waals surface area contributed by atoms with E-state index in [1.807, 2.05) is 30.3 Å². The summed E-state index contributed by atoms with van der Waals surface area (Å²) < 4.78 is 60.7. The molecule has 0 aromatic heterocycles. The summed E-state index contributed by atoms with van der Waals surface area (Å²) in [5.41, 5.74) is 1.45. The average molecular weight is 578 g/mol. The van der Waals surface area contributed by atoms with E-state index in [1.165, 1.54) is 40.7 Å². The van der Waals surface area contributed by atoms with Gasteiger partial charge in [0.15, 0.2) is 0 Å². The Bertz CT molecular complexity index is 1440. The lowest BCUT2D eigenvalue weighted by atomic mass is 10.1. The fourth-order valence-corrected chi connectivity index (χ4v) is 6.66. The number of carbonyl (C=O) groups excluding carboxylic acids is 1. The third-order valence-electron chi connectivity index (χ3n) is 6.02. The van der Waals surface area contributed by atoms with E-state index < -0.39 is 32.0 Å². The number of nitrogens with zero attached hydrogens (tertiary/aromatic N) is 1. The molecule has 1 fully saturated rings. The molecule has 2 N–H and O–H groups in total. The first kappa shape index (κ1) is 28.2. The van der Waals surface area contributed by atoms with Crippen LogP contribution >= 0.6 is 11.6 Å². The summed E-state index contributed by atoms with van der Waals surface area (Å²) in [6, 6.07) is 19.9. The molecule has 3 aromatic carbocycles. The van der Waals surface area contributed by atoms with Crippen LogP contribution in [-0.4, -0.2) is 59.4 Å². The molecule has 0 unspecified atom stereocenters. The van der Waals surface area contributed by atoms with E-state index >= 15 is 0 Å². The highest BCUT2D eigenvalue weighted by Gasteiger charge is 2.27. The van der Waals surface area contributed by atoms with E-state index in [0.717, 1.165) is 5.56 Å². The number of ether oxygens (including phenoxy) is 1. The number of hydrogen-bond donors (Lipinski definition) is 2. The summed E-state index contributed by atoms with van der Waals surface area (Å²) in [5.74, 6) is -0.517. The van der Waals surface area contributed by atoms with Crippen molar-refractivity contribution >= 4 is 37.6 Å². The van der Waals surface area contributed by atoms with Crippen molar-refractivity contribution in [3.8, 4) is 0 Å². The maximum Gasteiger partial charge on any atom is 0.243 e. The predicted octanol–water partition coefficient (Wildman–Crippen LogP) is 2.57. The molecule has 202 valence electrons. The highest BCUT2D eigenvalue weighted by molar-refractivity contribution is 7.89. The lowest BCUT2D eigenvalue weighted by molar-refractivity contribution is -0.122. The van der Waals surface area contributed by atoms with Crippen LogP contribution in [0, 0.1) is 0 Å².